The van der Waals surface area contributed by atoms with Crippen LogP contribution in [0.15, 0.2) is 36.5 Å². The van der Waals surface area contributed by atoms with E-state index in [1.165, 1.54) is 12.1 Å². The van der Waals surface area contributed by atoms with E-state index in [-0.39, 0.29) is 23.7 Å². The fourth-order valence-corrected chi connectivity index (χ4v) is 4.67. The number of rotatable bonds is 13. The van der Waals surface area contributed by atoms with Crippen molar-refractivity contribution in [2.45, 2.75) is 77.3 Å². The smallest absolute Gasteiger partial charge is 0.254 e. The lowest BCUT2D eigenvalue weighted by Crippen LogP contribution is -2.39. The highest BCUT2D eigenvalue weighted by Gasteiger charge is 2.27. The molecule has 1 heterocycles. The Labute approximate surface area is 208 Å². The second-order valence-electron chi connectivity index (χ2n) is 9.14. The lowest BCUT2D eigenvalue weighted by atomic mass is 10.1. The number of anilines is 1. The molecule has 35 heavy (non-hydrogen) atoms. The normalized spacial score (nSPS) is 13.6. The van der Waals surface area contributed by atoms with Crippen LogP contribution < -0.4 is 5.32 Å². The first kappa shape index (κ1) is 26.6. The molecule has 1 aromatic carbocycles. The Hall–Kier alpha value is -3.03. The van der Waals surface area contributed by atoms with Gasteiger partial charge in [0.2, 0.25) is 11.9 Å². The zero-order valence-corrected chi connectivity index (χ0v) is 21.0. The van der Waals surface area contributed by atoms with Crippen molar-refractivity contribution in [2.75, 3.05) is 25.5 Å². The molecule has 0 saturated heterocycles. The maximum atomic E-state index is 13.3. The number of hydrogen-bond donors (Lipinski definition) is 1. The molecule has 1 aliphatic rings. The molecule has 1 N–H and O–H groups in total. The van der Waals surface area contributed by atoms with Crippen LogP contribution in [0.4, 0.5) is 10.3 Å². The molecule has 8 heteroatoms. The summed E-state index contributed by atoms with van der Waals surface area (Å²) in [5.41, 5.74) is 1.37. The molecule has 1 aliphatic carbocycles. The van der Waals surface area contributed by atoms with Gasteiger partial charge in [0.1, 0.15) is 5.82 Å². The summed E-state index contributed by atoms with van der Waals surface area (Å²) in [6.07, 6.45) is 10.2. The van der Waals surface area contributed by atoms with Crippen molar-refractivity contribution >= 4 is 17.8 Å². The fourth-order valence-electron chi connectivity index (χ4n) is 4.67. The van der Waals surface area contributed by atoms with E-state index in [2.05, 4.69) is 15.3 Å². The van der Waals surface area contributed by atoms with Gasteiger partial charge in [-0.05, 0) is 62.9 Å². The maximum absolute atomic E-state index is 13.3. The number of halogens is 1. The molecule has 0 bridgehead atoms. The Morgan fingerprint density at radius 3 is 2.46 bits per heavy atom. The van der Waals surface area contributed by atoms with Crippen LogP contribution in [0.2, 0.25) is 0 Å². The number of nitrogens with one attached hydrogen (secondary N) is 1. The molecule has 1 saturated carbocycles. The second kappa shape index (κ2) is 13.8. The van der Waals surface area contributed by atoms with E-state index < -0.39 is 0 Å². The van der Waals surface area contributed by atoms with Crippen LogP contribution in [0.25, 0.3) is 0 Å². The van der Waals surface area contributed by atoms with Gasteiger partial charge in [-0.2, -0.15) is 0 Å². The van der Waals surface area contributed by atoms with E-state index in [4.69, 9.17) is 0 Å². The maximum Gasteiger partial charge on any atom is 0.254 e. The molecule has 1 fully saturated rings. The highest BCUT2D eigenvalue weighted by molar-refractivity contribution is 5.94. The standard InChI is InChI=1S/C27H38FN5O2/c1-3-32(20-23-17-18-30-27(29-2)31-23)25(34)12-6-4-5-9-19-33(24-10-7-8-11-24)26(35)21-13-15-22(28)16-14-21/h13-18,24H,3-12,19-20H2,1-2H3,(H,29,30,31). The van der Waals surface area contributed by atoms with Gasteiger partial charge in [-0.15, -0.1) is 0 Å². The van der Waals surface area contributed by atoms with Crippen LogP contribution in [-0.2, 0) is 11.3 Å². The number of hydrogen-bond acceptors (Lipinski definition) is 5. The highest BCUT2D eigenvalue weighted by Crippen LogP contribution is 2.25. The first-order valence-corrected chi connectivity index (χ1v) is 12.9. The van der Waals surface area contributed by atoms with Crippen LogP contribution in [0.5, 0.6) is 0 Å². The second-order valence-corrected chi connectivity index (χ2v) is 9.14. The van der Waals surface area contributed by atoms with Crippen molar-refractivity contribution in [3.05, 3.63) is 53.6 Å². The SMILES string of the molecule is CCN(Cc1ccnc(NC)n1)C(=O)CCCCCCN(C(=O)c1ccc(F)cc1)C1CCCC1. The lowest BCUT2D eigenvalue weighted by Gasteiger charge is -2.29. The van der Waals surface area contributed by atoms with Gasteiger partial charge in [-0.3, -0.25) is 9.59 Å². The molecular weight excluding hydrogens is 445 g/mol. The van der Waals surface area contributed by atoms with Crippen LogP contribution >= 0.6 is 0 Å². The number of nitrogens with zero attached hydrogens (tertiary/aromatic N) is 4. The molecule has 2 amide bonds. The Balaban J connectivity index is 1.42. The number of amides is 2. The van der Waals surface area contributed by atoms with Gasteiger partial charge in [0, 0.05) is 44.4 Å². The van der Waals surface area contributed by atoms with E-state index in [1.807, 2.05) is 22.8 Å². The molecular formula is C27H38FN5O2. The van der Waals surface area contributed by atoms with Crippen LogP contribution in [-0.4, -0.2) is 57.8 Å². The average molecular weight is 484 g/mol. The summed E-state index contributed by atoms with van der Waals surface area (Å²) in [5.74, 6) is 0.355. The average Bonchev–Trinajstić information content (AvgIpc) is 3.41. The van der Waals surface area contributed by atoms with Crippen molar-refractivity contribution in [1.29, 1.82) is 0 Å². The Morgan fingerprint density at radius 2 is 1.77 bits per heavy atom. The van der Waals surface area contributed by atoms with Gasteiger partial charge >= 0.3 is 0 Å². The fraction of sp³-hybridized carbons (Fsp3) is 0.556. The highest BCUT2D eigenvalue weighted by atomic mass is 19.1. The number of benzene rings is 1. The summed E-state index contributed by atoms with van der Waals surface area (Å²) in [6.45, 7) is 3.80. The first-order valence-electron chi connectivity index (χ1n) is 12.9. The monoisotopic (exact) mass is 483 g/mol. The Morgan fingerprint density at radius 1 is 1.06 bits per heavy atom. The molecule has 190 valence electrons. The predicted octanol–water partition coefficient (Wildman–Crippen LogP) is 5.04. The molecule has 0 spiro atoms. The summed E-state index contributed by atoms with van der Waals surface area (Å²) < 4.78 is 13.3. The lowest BCUT2D eigenvalue weighted by molar-refractivity contribution is -0.131. The largest absolute Gasteiger partial charge is 0.357 e. The van der Waals surface area contributed by atoms with Crippen molar-refractivity contribution in [2.24, 2.45) is 0 Å². The number of unbranched alkanes of at least 4 members (excludes halogenated alkanes) is 3. The third-order valence-electron chi connectivity index (χ3n) is 6.68. The zero-order chi connectivity index (χ0) is 25.0. The molecule has 0 radical (unpaired) electrons. The number of carbonyl (C=O) groups excluding carboxylic acids is 2. The Kier molecular flexibility index (Phi) is 10.4. The van der Waals surface area contributed by atoms with Gasteiger partial charge in [0.15, 0.2) is 0 Å². The molecule has 7 nitrogen and oxygen atoms in total. The topological polar surface area (TPSA) is 78.4 Å². The third-order valence-corrected chi connectivity index (χ3v) is 6.68. The van der Waals surface area contributed by atoms with E-state index in [0.717, 1.165) is 57.1 Å². The van der Waals surface area contributed by atoms with Crippen molar-refractivity contribution in [3.8, 4) is 0 Å². The van der Waals surface area contributed by atoms with Crippen LogP contribution in [0.1, 0.15) is 80.8 Å². The van der Waals surface area contributed by atoms with Crippen molar-refractivity contribution in [3.63, 3.8) is 0 Å². The molecule has 0 atom stereocenters. The predicted molar refractivity (Wildman–Crippen MR) is 135 cm³/mol. The summed E-state index contributed by atoms with van der Waals surface area (Å²) in [6, 6.07) is 7.96. The first-order chi connectivity index (χ1) is 17.0. The van der Waals surface area contributed by atoms with E-state index in [0.29, 0.717) is 37.6 Å². The number of aromatic nitrogens is 2. The van der Waals surface area contributed by atoms with Gasteiger partial charge < -0.3 is 15.1 Å². The minimum atomic E-state index is -0.329. The quantitative estimate of drug-likeness (QED) is 0.404. The van der Waals surface area contributed by atoms with Crippen molar-refractivity contribution < 1.29 is 14.0 Å². The summed E-state index contributed by atoms with van der Waals surface area (Å²) in [4.78, 5) is 38.1. The molecule has 0 aliphatic heterocycles. The minimum absolute atomic E-state index is 0.00295. The summed E-state index contributed by atoms with van der Waals surface area (Å²) in [5, 5.41) is 2.92. The Bertz CT molecular complexity index is 947. The summed E-state index contributed by atoms with van der Waals surface area (Å²) in [7, 11) is 1.77. The molecule has 3 rings (SSSR count). The van der Waals surface area contributed by atoms with E-state index in [9.17, 15) is 14.0 Å². The van der Waals surface area contributed by atoms with E-state index >= 15 is 0 Å². The van der Waals surface area contributed by atoms with Crippen molar-refractivity contribution in [1.82, 2.24) is 19.8 Å². The van der Waals surface area contributed by atoms with Crippen LogP contribution in [0.3, 0.4) is 0 Å². The van der Waals surface area contributed by atoms with Gasteiger partial charge in [0.05, 0.1) is 12.2 Å². The third kappa shape index (κ3) is 8.01. The van der Waals surface area contributed by atoms with E-state index in [1.54, 1.807) is 25.4 Å². The van der Waals surface area contributed by atoms with Gasteiger partial charge in [-0.25, -0.2) is 14.4 Å². The van der Waals surface area contributed by atoms with Crippen LogP contribution in [0, 0.1) is 5.82 Å². The van der Waals surface area contributed by atoms with Gasteiger partial charge in [-0.1, -0.05) is 25.7 Å². The zero-order valence-electron chi connectivity index (χ0n) is 21.0. The molecule has 1 aromatic heterocycles. The van der Waals surface area contributed by atoms with Gasteiger partial charge in [0.25, 0.3) is 5.91 Å². The minimum Gasteiger partial charge on any atom is -0.357 e. The molecule has 2 aromatic rings. The molecule has 0 unspecified atom stereocenters. The number of carbonyl (C=O) groups is 2. The summed E-state index contributed by atoms with van der Waals surface area (Å²) >= 11 is 0.